The molecule has 1 aromatic heterocycles. The van der Waals surface area contributed by atoms with Crippen molar-refractivity contribution in [1.29, 1.82) is 0 Å². The minimum atomic E-state index is -0.0898. The Bertz CT molecular complexity index is 911. The van der Waals surface area contributed by atoms with Crippen LogP contribution in [0.2, 0.25) is 5.02 Å². The number of amides is 1. The van der Waals surface area contributed by atoms with E-state index in [9.17, 15) is 4.79 Å². The molecule has 0 aliphatic heterocycles. The molecule has 0 unspecified atom stereocenters. The van der Waals surface area contributed by atoms with Crippen LogP contribution < -0.4 is 5.32 Å². The molecule has 3 aromatic rings. The number of hydrogen-bond donors (Lipinski definition) is 1. The summed E-state index contributed by atoms with van der Waals surface area (Å²) in [4.78, 5) is 12.2. The zero-order valence-electron chi connectivity index (χ0n) is 14.6. The van der Waals surface area contributed by atoms with Crippen molar-refractivity contribution in [1.82, 2.24) is 14.8 Å². The summed E-state index contributed by atoms with van der Waals surface area (Å²) in [6.07, 6.45) is 0.709. The lowest BCUT2D eigenvalue weighted by Gasteiger charge is -2.08. The number of benzene rings is 2. The highest BCUT2D eigenvalue weighted by Crippen LogP contribution is 2.21. The average molecular weight is 387 g/mol. The molecule has 5 nitrogen and oxygen atoms in total. The number of rotatable bonds is 6. The molecule has 0 fully saturated rings. The Morgan fingerprint density at radius 2 is 1.96 bits per heavy atom. The van der Waals surface area contributed by atoms with E-state index in [2.05, 4.69) is 27.6 Å². The van der Waals surface area contributed by atoms with Crippen molar-refractivity contribution >= 4 is 35.0 Å². The predicted octanol–water partition coefficient (Wildman–Crippen LogP) is 4.10. The second kappa shape index (κ2) is 8.38. The van der Waals surface area contributed by atoms with Crippen molar-refractivity contribution in [3.8, 4) is 0 Å². The summed E-state index contributed by atoms with van der Waals surface area (Å²) in [5, 5.41) is 12.7. The maximum Gasteiger partial charge on any atom is 0.234 e. The van der Waals surface area contributed by atoms with Crippen LogP contribution in [0.4, 0.5) is 5.69 Å². The fourth-order valence-electron chi connectivity index (χ4n) is 2.49. The van der Waals surface area contributed by atoms with Crippen LogP contribution in [0.5, 0.6) is 0 Å². The van der Waals surface area contributed by atoms with Gasteiger partial charge in [-0.05, 0) is 36.2 Å². The first kappa shape index (κ1) is 18.5. The fourth-order valence-corrected chi connectivity index (χ4v) is 3.44. The molecule has 0 bridgehead atoms. The van der Waals surface area contributed by atoms with Crippen molar-refractivity contribution in [3.63, 3.8) is 0 Å². The van der Waals surface area contributed by atoms with E-state index in [-0.39, 0.29) is 11.7 Å². The highest BCUT2D eigenvalue weighted by molar-refractivity contribution is 7.99. The van der Waals surface area contributed by atoms with Crippen molar-refractivity contribution in [2.75, 3.05) is 11.1 Å². The van der Waals surface area contributed by atoms with Gasteiger partial charge in [-0.25, -0.2) is 0 Å². The first-order valence-corrected chi connectivity index (χ1v) is 9.50. The molecule has 0 saturated heterocycles. The molecule has 1 amide bonds. The van der Waals surface area contributed by atoms with E-state index in [4.69, 9.17) is 11.6 Å². The summed E-state index contributed by atoms with van der Waals surface area (Å²) in [6.45, 7) is 1.91. The predicted molar refractivity (Wildman–Crippen MR) is 106 cm³/mol. The molecule has 0 radical (unpaired) electrons. The first-order chi connectivity index (χ1) is 12.5. The number of anilines is 1. The van der Waals surface area contributed by atoms with Crippen molar-refractivity contribution in [2.24, 2.45) is 7.05 Å². The fraction of sp³-hybridized carbons (Fsp3) is 0.211. The lowest BCUT2D eigenvalue weighted by Crippen LogP contribution is -2.15. The molecule has 26 heavy (non-hydrogen) atoms. The van der Waals surface area contributed by atoms with Crippen LogP contribution >= 0.6 is 23.4 Å². The molecule has 0 spiro atoms. The van der Waals surface area contributed by atoms with Gasteiger partial charge in [-0.2, -0.15) is 0 Å². The third-order valence-corrected chi connectivity index (χ3v) is 5.18. The van der Waals surface area contributed by atoms with Gasteiger partial charge >= 0.3 is 0 Å². The van der Waals surface area contributed by atoms with Gasteiger partial charge in [-0.3, -0.25) is 4.79 Å². The summed E-state index contributed by atoms with van der Waals surface area (Å²) in [5.41, 5.74) is 2.87. The Kier molecular flexibility index (Phi) is 5.96. The number of nitrogens with one attached hydrogen (secondary N) is 1. The molecule has 134 valence electrons. The largest absolute Gasteiger partial charge is 0.325 e. The number of carbonyl (C=O) groups is 1. The van der Waals surface area contributed by atoms with Crippen LogP contribution in [0.1, 0.15) is 17.0 Å². The summed E-state index contributed by atoms with van der Waals surface area (Å²) in [6, 6.07) is 15.5. The Morgan fingerprint density at radius 1 is 1.19 bits per heavy atom. The average Bonchev–Trinajstić information content (AvgIpc) is 2.96. The van der Waals surface area contributed by atoms with E-state index in [1.807, 2.05) is 42.8 Å². The number of aryl methyl sites for hydroxylation is 1. The van der Waals surface area contributed by atoms with Gasteiger partial charge in [0.1, 0.15) is 5.82 Å². The number of nitrogens with zero attached hydrogens (tertiary/aromatic N) is 3. The van der Waals surface area contributed by atoms with Crippen molar-refractivity contribution in [3.05, 3.63) is 70.5 Å². The van der Waals surface area contributed by atoms with Crippen LogP contribution in [0.15, 0.2) is 53.7 Å². The Labute approximate surface area is 161 Å². The highest BCUT2D eigenvalue weighted by atomic mass is 35.5. The zero-order valence-corrected chi connectivity index (χ0v) is 16.1. The summed E-state index contributed by atoms with van der Waals surface area (Å²) in [5.74, 6) is 1.04. The molecule has 0 aliphatic rings. The number of halogens is 1. The Hall–Kier alpha value is -2.31. The third kappa shape index (κ3) is 4.65. The van der Waals surface area contributed by atoms with Gasteiger partial charge in [0.05, 0.1) is 5.75 Å². The second-order valence-corrected chi connectivity index (χ2v) is 7.30. The smallest absolute Gasteiger partial charge is 0.234 e. The molecule has 0 atom stereocenters. The van der Waals surface area contributed by atoms with Crippen LogP contribution in [-0.4, -0.2) is 26.4 Å². The van der Waals surface area contributed by atoms with Gasteiger partial charge < -0.3 is 9.88 Å². The SMILES string of the molecule is Cc1cc(Cl)ccc1NC(=O)CSc1nnc(Cc2ccccc2)n1C. The third-order valence-electron chi connectivity index (χ3n) is 3.93. The summed E-state index contributed by atoms with van der Waals surface area (Å²) >= 11 is 7.30. The molecule has 2 aromatic carbocycles. The Balaban J connectivity index is 1.58. The molecule has 0 aliphatic carbocycles. The normalized spacial score (nSPS) is 10.7. The van der Waals surface area contributed by atoms with E-state index in [0.717, 1.165) is 22.2 Å². The van der Waals surface area contributed by atoms with Gasteiger partial charge in [-0.15, -0.1) is 10.2 Å². The maximum absolute atomic E-state index is 12.2. The maximum atomic E-state index is 12.2. The van der Waals surface area contributed by atoms with Crippen LogP contribution in [-0.2, 0) is 18.3 Å². The molecule has 3 rings (SSSR count). The monoisotopic (exact) mass is 386 g/mol. The second-order valence-electron chi connectivity index (χ2n) is 5.92. The van der Waals surface area contributed by atoms with Crippen LogP contribution in [0.25, 0.3) is 0 Å². The van der Waals surface area contributed by atoms with E-state index < -0.39 is 0 Å². The summed E-state index contributed by atoms with van der Waals surface area (Å²) in [7, 11) is 1.92. The van der Waals surface area contributed by atoms with E-state index in [1.165, 1.54) is 17.3 Å². The van der Waals surface area contributed by atoms with Crippen LogP contribution in [0.3, 0.4) is 0 Å². The molecule has 0 saturated carbocycles. The molecule has 1 N–H and O–H groups in total. The van der Waals surface area contributed by atoms with Gasteiger partial charge in [0.25, 0.3) is 0 Å². The van der Waals surface area contributed by atoms with Gasteiger partial charge in [0.2, 0.25) is 5.91 Å². The molecular weight excluding hydrogens is 368 g/mol. The van der Waals surface area contributed by atoms with E-state index >= 15 is 0 Å². The zero-order chi connectivity index (χ0) is 18.5. The van der Waals surface area contributed by atoms with Crippen molar-refractivity contribution in [2.45, 2.75) is 18.5 Å². The lowest BCUT2D eigenvalue weighted by molar-refractivity contribution is -0.113. The number of carbonyl (C=O) groups excluding carboxylic acids is 1. The minimum Gasteiger partial charge on any atom is -0.325 e. The molecule has 1 heterocycles. The summed E-state index contributed by atoms with van der Waals surface area (Å²) < 4.78 is 1.93. The first-order valence-electron chi connectivity index (χ1n) is 8.14. The minimum absolute atomic E-state index is 0.0898. The van der Waals surface area contributed by atoms with Crippen LogP contribution in [0, 0.1) is 6.92 Å². The van der Waals surface area contributed by atoms with Gasteiger partial charge in [0.15, 0.2) is 5.16 Å². The quantitative estimate of drug-likeness (QED) is 0.648. The van der Waals surface area contributed by atoms with E-state index in [1.54, 1.807) is 12.1 Å². The van der Waals surface area contributed by atoms with Gasteiger partial charge in [-0.1, -0.05) is 53.7 Å². The lowest BCUT2D eigenvalue weighted by atomic mass is 10.1. The highest BCUT2D eigenvalue weighted by Gasteiger charge is 2.12. The number of thioether (sulfide) groups is 1. The van der Waals surface area contributed by atoms with Gasteiger partial charge in [0, 0.05) is 24.2 Å². The number of hydrogen-bond acceptors (Lipinski definition) is 4. The number of aromatic nitrogens is 3. The topological polar surface area (TPSA) is 59.8 Å². The van der Waals surface area contributed by atoms with Crippen molar-refractivity contribution < 1.29 is 4.79 Å². The Morgan fingerprint density at radius 3 is 2.69 bits per heavy atom. The van der Waals surface area contributed by atoms with E-state index in [0.29, 0.717) is 11.4 Å². The standard InChI is InChI=1S/C19H19ClN4OS/c1-13-10-15(20)8-9-16(13)21-18(25)12-26-19-23-22-17(24(19)2)11-14-6-4-3-5-7-14/h3-10H,11-12H2,1-2H3,(H,21,25). The molecular formula is C19H19ClN4OS. The molecule has 7 heteroatoms.